The molecule has 1 aliphatic rings. The Kier molecular flexibility index (Phi) is 5.52. The number of nitrogens with zero attached hydrogens (tertiary/aromatic N) is 2. The van der Waals surface area contributed by atoms with E-state index >= 15 is 0 Å². The maximum absolute atomic E-state index is 12.1. The Morgan fingerprint density at radius 3 is 2.72 bits per heavy atom. The highest BCUT2D eigenvalue weighted by Crippen LogP contribution is 2.28. The van der Waals surface area contributed by atoms with Crippen molar-refractivity contribution in [2.24, 2.45) is 0 Å². The number of imide groups is 1. The van der Waals surface area contributed by atoms with E-state index in [-0.39, 0.29) is 30.2 Å². The van der Waals surface area contributed by atoms with Gasteiger partial charge in [-0.15, -0.1) is 0 Å². The number of urea groups is 1. The normalized spacial score (nSPS) is 14.6. The average Bonchev–Trinajstić information content (AvgIpc) is 3.00. The monoisotopic (exact) mass is 351 g/mol. The van der Waals surface area contributed by atoms with Gasteiger partial charge in [0.25, 0.3) is 5.91 Å². The minimum absolute atomic E-state index is 0.0295. The SMILES string of the molecule is CCOc1ccc(C(=O)O[C@@H](C)C(=O)N2CCNC2=O)cc1[N+](=O)[O-]. The number of carbonyl (C=O) groups excluding carboxylic acids is 3. The highest BCUT2D eigenvalue weighted by molar-refractivity contribution is 5.99. The van der Waals surface area contributed by atoms with Crippen LogP contribution < -0.4 is 10.1 Å². The van der Waals surface area contributed by atoms with Gasteiger partial charge in [0.15, 0.2) is 11.9 Å². The first kappa shape index (κ1) is 18.2. The molecule has 1 fully saturated rings. The second kappa shape index (κ2) is 7.60. The van der Waals surface area contributed by atoms with Gasteiger partial charge >= 0.3 is 17.7 Å². The summed E-state index contributed by atoms with van der Waals surface area (Å²) in [6.45, 7) is 3.75. The lowest BCUT2D eigenvalue weighted by molar-refractivity contribution is -0.385. The summed E-state index contributed by atoms with van der Waals surface area (Å²) < 4.78 is 10.2. The molecular formula is C15H17N3O7. The number of rotatable bonds is 6. The second-order valence-corrected chi connectivity index (χ2v) is 5.14. The third-order valence-electron chi connectivity index (χ3n) is 3.45. The summed E-state index contributed by atoms with van der Waals surface area (Å²) in [6.07, 6.45) is -1.21. The predicted octanol–water partition coefficient (Wildman–Crippen LogP) is 1.09. The lowest BCUT2D eigenvalue weighted by atomic mass is 10.2. The molecule has 1 aromatic rings. The molecule has 10 nitrogen and oxygen atoms in total. The van der Waals surface area contributed by atoms with E-state index in [0.717, 1.165) is 11.0 Å². The first-order chi connectivity index (χ1) is 11.8. The summed E-state index contributed by atoms with van der Waals surface area (Å²) in [5, 5.41) is 13.5. The summed E-state index contributed by atoms with van der Waals surface area (Å²) in [6, 6.07) is 3.07. The number of esters is 1. The highest BCUT2D eigenvalue weighted by Gasteiger charge is 2.32. The Labute approximate surface area is 142 Å². The van der Waals surface area contributed by atoms with Gasteiger partial charge in [0.1, 0.15) is 0 Å². The number of hydrogen-bond donors (Lipinski definition) is 1. The Morgan fingerprint density at radius 2 is 2.16 bits per heavy atom. The molecule has 0 spiro atoms. The van der Waals surface area contributed by atoms with E-state index in [2.05, 4.69) is 5.32 Å². The topological polar surface area (TPSA) is 128 Å². The molecule has 10 heteroatoms. The molecule has 0 radical (unpaired) electrons. The number of amides is 3. The van der Waals surface area contributed by atoms with Gasteiger partial charge in [0.2, 0.25) is 0 Å². The van der Waals surface area contributed by atoms with E-state index in [1.807, 2.05) is 0 Å². The van der Waals surface area contributed by atoms with Crippen LogP contribution in [0, 0.1) is 10.1 Å². The van der Waals surface area contributed by atoms with Gasteiger partial charge in [0.05, 0.1) is 17.1 Å². The van der Waals surface area contributed by atoms with Crippen molar-refractivity contribution in [3.63, 3.8) is 0 Å². The molecule has 25 heavy (non-hydrogen) atoms. The molecule has 1 heterocycles. The number of nitro groups is 1. The summed E-state index contributed by atoms with van der Waals surface area (Å²) in [7, 11) is 0. The van der Waals surface area contributed by atoms with E-state index in [0.29, 0.717) is 6.54 Å². The largest absolute Gasteiger partial charge is 0.487 e. The molecular weight excluding hydrogens is 334 g/mol. The van der Waals surface area contributed by atoms with Gasteiger partial charge in [-0.1, -0.05) is 0 Å². The van der Waals surface area contributed by atoms with Crippen LogP contribution in [0.15, 0.2) is 18.2 Å². The van der Waals surface area contributed by atoms with Crippen LogP contribution in [0.4, 0.5) is 10.5 Å². The van der Waals surface area contributed by atoms with Crippen molar-refractivity contribution in [1.82, 2.24) is 10.2 Å². The lowest BCUT2D eigenvalue weighted by Gasteiger charge is -2.18. The van der Waals surface area contributed by atoms with E-state index in [9.17, 15) is 24.5 Å². The van der Waals surface area contributed by atoms with Crippen LogP contribution in [-0.2, 0) is 9.53 Å². The van der Waals surface area contributed by atoms with E-state index in [1.54, 1.807) is 6.92 Å². The molecule has 0 aromatic heterocycles. The van der Waals surface area contributed by atoms with Crippen molar-refractivity contribution in [2.45, 2.75) is 20.0 Å². The molecule has 0 unspecified atom stereocenters. The zero-order chi connectivity index (χ0) is 18.6. The first-order valence-electron chi connectivity index (χ1n) is 7.56. The Balaban J connectivity index is 2.12. The van der Waals surface area contributed by atoms with Crippen LogP contribution in [0.25, 0.3) is 0 Å². The minimum atomic E-state index is -1.21. The van der Waals surface area contributed by atoms with E-state index in [4.69, 9.17) is 9.47 Å². The van der Waals surface area contributed by atoms with Crippen LogP contribution in [0.1, 0.15) is 24.2 Å². The summed E-state index contributed by atoms with van der Waals surface area (Å²) >= 11 is 0. The van der Waals surface area contributed by atoms with Crippen molar-refractivity contribution < 1.29 is 28.8 Å². The van der Waals surface area contributed by atoms with Crippen molar-refractivity contribution in [3.05, 3.63) is 33.9 Å². The number of carbonyl (C=O) groups is 3. The van der Waals surface area contributed by atoms with Crippen molar-refractivity contribution in [2.75, 3.05) is 19.7 Å². The van der Waals surface area contributed by atoms with Gasteiger partial charge in [-0.05, 0) is 26.0 Å². The fourth-order valence-corrected chi connectivity index (χ4v) is 2.24. The van der Waals surface area contributed by atoms with Crippen molar-refractivity contribution in [3.8, 4) is 5.75 Å². The Bertz CT molecular complexity index is 719. The zero-order valence-electron chi connectivity index (χ0n) is 13.7. The number of hydrogen-bond acceptors (Lipinski definition) is 7. The highest BCUT2D eigenvalue weighted by atomic mass is 16.6. The lowest BCUT2D eigenvalue weighted by Crippen LogP contribution is -2.41. The van der Waals surface area contributed by atoms with Crippen molar-refractivity contribution in [1.29, 1.82) is 0 Å². The smallest absolute Gasteiger partial charge is 0.339 e. The van der Waals surface area contributed by atoms with Crippen LogP contribution >= 0.6 is 0 Å². The maximum Gasteiger partial charge on any atom is 0.339 e. The molecule has 3 amide bonds. The Hall–Kier alpha value is -3.17. The molecule has 2 rings (SSSR count). The van der Waals surface area contributed by atoms with Gasteiger partial charge in [-0.25, -0.2) is 9.59 Å². The number of nitrogens with one attached hydrogen (secondary N) is 1. The number of ether oxygens (including phenoxy) is 2. The number of benzene rings is 1. The quantitative estimate of drug-likeness (QED) is 0.461. The molecule has 1 aromatic carbocycles. The third-order valence-corrected chi connectivity index (χ3v) is 3.45. The summed E-state index contributed by atoms with van der Waals surface area (Å²) in [4.78, 5) is 47.0. The molecule has 0 saturated carbocycles. The fourth-order valence-electron chi connectivity index (χ4n) is 2.24. The predicted molar refractivity (Wildman–Crippen MR) is 84.3 cm³/mol. The van der Waals surface area contributed by atoms with Crippen LogP contribution in [0.3, 0.4) is 0 Å². The minimum Gasteiger partial charge on any atom is -0.487 e. The average molecular weight is 351 g/mol. The van der Waals surface area contributed by atoms with Gasteiger partial charge in [-0.3, -0.25) is 19.8 Å². The summed E-state index contributed by atoms with van der Waals surface area (Å²) in [5.74, 6) is -1.54. The maximum atomic E-state index is 12.1. The standard InChI is InChI=1S/C15H17N3O7/c1-3-24-12-5-4-10(8-11(12)18(22)23)14(20)25-9(2)13(19)17-7-6-16-15(17)21/h4-5,8-9H,3,6-7H2,1-2H3,(H,16,21)/t9-/m0/s1. The van der Waals surface area contributed by atoms with Crippen molar-refractivity contribution >= 4 is 23.6 Å². The zero-order valence-corrected chi connectivity index (χ0v) is 13.7. The van der Waals surface area contributed by atoms with E-state index in [1.165, 1.54) is 19.1 Å². The Morgan fingerprint density at radius 1 is 1.44 bits per heavy atom. The van der Waals surface area contributed by atoms with E-state index < -0.39 is 28.9 Å². The fraction of sp³-hybridized carbons (Fsp3) is 0.400. The van der Waals surface area contributed by atoms with Gasteiger partial charge < -0.3 is 14.8 Å². The van der Waals surface area contributed by atoms with Crippen LogP contribution in [-0.4, -0.2) is 53.5 Å². The molecule has 0 bridgehead atoms. The molecule has 1 atom stereocenters. The third kappa shape index (κ3) is 4.03. The molecule has 1 N–H and O–H groups in total. The molecule has 0 aliphatic carbocycles. The first-order valence-corrected chi connectivity index (χ1v) is 7.56. The molecule has 134 valence electrons. The van der Waals surface area contributed by atoms with Crippen LogP contribution in [0.5, 0.6) is 5.75 Å². The number of nitro benzene ring substituents is 1. The van der Waals surface area contributed by atoms with Crippen LogP contribution in [0.2, 0.25) is 0 Å². The second-order valence-electron chi connectivity index (χ2n) is 5.14. The van der Waals surface area contributed by atoms with Gasteiger partial charge in [-0.2, -0.15) is 0 Å². The van der Waals surface area contributed by atoms with Gasteiger partial charge in [0, 0.05) is 19.2 Å². The molecule has 1 aliphatic heterocycles. The summed E-state index contributed by atoms with van der Waals surface area (Å²) in [5.41, 5.74) is -0.477. The molecule has 1 saturated heterocycles.